The molecule has 0 bridgehead atoms. The van der Waals surface area contributed by atoms with Crippen molar-refractivity contribution in [3.63, 3.8) is 0 Å². The van der Waals surface area contributed by atoms with E-state index in [2.05, 4.69) is 34.0 Å². The minimum Gasteiger partial charge on any atom is -0.356 e. The molecule has 0 aromatic carbocycles. The molecule has 1 aliphatic carbocycles. The van der Waals surface area contributed by atoms with Crippen molar-refractivity contribution in [2.45, 2.75) is 58.4 Å². The van der Waals surface area contributed by atoms with Gasteiger partial charge >= 0.3 is 0 Å². The van der Waals surface area contributed by atoms with Gasteiger partial charge in [-0.25, -0.2) is 4.99 Å². The molecule has 6 nitrogen and oxygen atoms in total. The average Bonchev–Trinajstić information content (AvgIpc) is 3.13. The number of rotatable bonds is 7. The molecule has 1 aliphatic heterocycles. The normalized spacial score (nSPS) is 22.1. The number of likely N-dealkylation sites (N-methyl/N-ethyl adjacent to an activating group) is 2. The van der Waals surface area contributed by atoms with Crippen LogP contribution in [0.15, 0.2) is 4.99 Å². The largest absolute Gasteiger partial charge is 0.356 e. The van der Waals surface area contributed by atoms with Crippen molar-refractivity contribution in [2.75, 3.05) is 53.4 Å². The summed E-state index contributed by atoms with van der Waals surface area (Å²) in [5, 5.41) is 3.61. The Balaban J connectivity index is 1.97. The molecule has 0 spiro atoms. The van der Waals surface area contributed by atoms with E-state index in [9.17, 15) is 4.79 Å². The highest BCUT2D eigenvalue weighted by molar-refractivity contribution is 5.85. The number of hydrogen-bond acceptors (Lipinski definition) is 3. The second-order valence-electron chi connectivity index (χ2n) is 7.92. The Kier molecular flexibility index (Phi) is 8.69. The zero-order chi connectivity index (χ0) is 18.9. The molecule has 26 heavy (non-hydrogen) atoms. The smallest absolute Gasteiger partial charge is 0.243 e. The average molecular weight is 366 g/mol. The SMILES string of the molecule is CCN(CC)C1CCN(C(=NCC(=O)N(C)C)NCC2CCCCC2)C1. The van der Waals surface area contributed by atoms with E-state index in [0.717, 1.165) is 44.6 Å². The van der Waals surface area contributed by atoms with Gasteiger partial charge in [0.05, 0.1) is 0 Å². The molecule has 1 atom stereocenters. The Morgan fingerprint density at radius 3 is 2.42 bits per heavy atom. The fourth-order valence-corrected chi connectivity index (χ4v) is 4.15. The van der Waals surface area contributed by atoms with Crippen LogP contribution in [-0.4, -0.2) is 86.0 Å². The maximum absolute atomic E-state index is 12.0. The second kappa shape index (κ2) is 10.8. The molecule has 1 N–H and O–H groups in total. The van der Waals surface area contributed by atoms with Gasteiger partial charge in [0.1, 0.15) is 6.54 Å². The standard InChI is InChI=1S/C20H39N5O/c1-5-24(6-2)18-12-13-25(16-18)20(22-15-19(26)23(3)4)21-14-17-10-8-7-9-11-17/h17-18H,5-16H2,1-4H3,(H,21,22). The molecule has 2 fully saturated rings. The van der Waals surface area contributed by atoms with Crippen molar-refractivity contribution in [3.05, 3.63) is 0 Å². The van der Waals surface area contributed by atoms with Crippen molar-refractivity contribution in [2.24, 2.45) is 10.9 Å². The van der Waals surface area contributed by atoms with E-state index >= 15 is 0 Å². The van der Waals surface area contributed by atoms with Gasteiger partial charge < -0.3 is 15.1 Å². The summed E-state index contributed by atoms with van der Waals surface area (Å²) in [4.78, 5) is 23.2. The summed E-state index contributed by atoms with van der Waals surface area (Å²) in [5.74, 6) is 1.74. The fourth-order valence-electron chi connectivity index (χ4n) is 4.15. The molecule has 150 valence electrons. The number of nitrogens with zero attached hydrogens (tertiary/aromatic N) is 4. The molecule has 1 heterocycles. The van der Waals surface area contributed by atoms with E-state index in [4.69, 9.17) is 0 Å². The number of guanidine groups is 1. The zero-order valence-corrected chi connectivity index (χ0v) is 17.3. The van der Waals surface area contributed by atoms with Crippen LogP contribution in [0.1, 0.15) is 52.4 Å². The molecular formula is C20H39N5O. The fraction of sp³-hybridized carbons (Fsp3) is 0.900. The highest BCUT2D eigenvalue weighted by Crippen LogP contribution is 2.23. The third-order valence-electron chi connectivity index (χ3n) is 5.93. The van der Waals surface area contributed by atoms with Crippen molar-refractivity contribution >= 4 is 11.9 Å². The number of nitrogens with one attached hydrogen (secondary N) is 1. The zero-order valence-electron chi connectivity index (χ0n) is 17.3. The third-order valence-corrected chi connectivity index (χ3v) is 5.93. The monoisotopic (exact) mass is 365 g/mol. The summed E-state index contributed by atoms with van der Waals surface area (Å²) < 4.78 is 0. The molecule has 1 saturated heterocycles. The van der Waals surface area contributed by atoms with Gasteiger partial charge in [0, 0.05) is 39.8 Å². The van der Waals surface area contributed by atoms with Gasteiger partial charge in [0.2, 0.25) is 5.91 Å². The van der Waals surface area contributed by atoms with Gasteiger partial charge in [-0.15, -0.1) is 0 Å². The first-order valence-corrected chi connectivity index (χ1v) is 10.5. The molecule has 0 aromatic rings. The molecule has 1 saturated carbocycles. The van der Waals surface area contributed by atoms with Crippen LogP contribution in [0.5, 0.6) is 0 Å². The quantitative estimate of drug-likeness (QED) is 0.554. The minimum absolute atomic E-state index is 0.0569. The van der Waals surface area contributed by atoms with Crippen LogP contribution in [0.2, 0.25) is 0 Å². The van der Waals surface area contributed by atoms with E-state index in [1.807, 2.05) is 0 Å². The Labute approximate surface area is 160 Å². The number of hydrogen-bond donors (Lipinski definition) is 1. The van der Waals surface area contributed by atoms with Crippen LogP contribution in [0.3, 0.4) is 0 Å². The van der Waals surface area contributed by atoms with Gasteiger partial charge in [-0.3, -0.25) is 9.69 Å². The van der Waals surface area contributed by atoms with Crippen molar-refractivity contribution < 1.29 is 4.79 Å². The van der Waals surface area contributed by atoms with Crippen molar-refractivity contribution in [3.8, 4) is 0 Å². The number of carbonyl (C=O) groups is 1. The lowest BCUT2D eigenvalue weighted by atomic mass is 9.89. The van der Waals surface area contributed by atoms with Crippen LogP contribution < -0.4 is 5.32 Å². The molecule has 1 amide bonds. The lowest BCUT2D eigenvalue weighted by Gasteiger charge is -2.29. The van der Waals surface area contributed by atoms with Gasteiger partial charge in [-0.2, -0.15) is 0 Å². The molecule has 0 aromatic heterocycles. The number of likely N-dealkylation sites (tertiary alicyclic amines) is 1. The Morgan fingerprint density at radius 1 is 1.12 bits per heavy atom. The molecule has 6 heteroatoms. The molecular weight excluding hydrogens is 326 g/mol. The molecule has 1 unspecified atom stereocenters. The first-order chi connectivity index (χ1) is 12.5. The summed E-state index contributed by atoms with van der Waals surface area (Å²) in [5.41, 5.74) is 0. The summed E-state index contributed by atoms with van der Waals surface area (Å²) in [6, 6.07) is 0.594. The van der Waals surface area contributed by atoms with E-state index < -0.39 is 0 Å². The highest BCUT2D eigenvalue weighted by atomic mass is 16.2. The third kappa shape index (κ3) is 6.15. The first-order valence-electron chi connectivity index (χ1n) is 10.5. The Morgan fingerprint density at radius 2 is 1.81 bits per heavy atom. The summed E-state index contributed by atoms with van der Waals surface area (Å²) in [7, 11) is 3.58. The Bertz CT molecular complexity index is 455. The molecule has 2 aliphatic rings. The first kappa shape index (κ1) is 21.0. The number of carbonyl (C=O) groups excluding carboxylic acids is 1. The topological polar surface area (TPSA) is 51.2 Å². The lowest BCUT2D eigenvalue weighted by molar-refractivity contribution is -0.127. The number of amides is 1. The molecule has 2 rings (SSSR count). The summed E-state index contributed by atoms with van der Waals surface area (Å²) in [6.45, 7) is 9.90. The van der Waals surface area contributed by atoms with E-state index in [-0.39, 0.29) is 12.5 Å². The maximum Gasteiger partial charge on any atom is 0.243 e. The summed E-state index contributed by atoms with van der Waals surface area (Å²) >= 11 is 0. The number of aliphatic imine (C=N–C) groups is 1. The maximum atomic E-state index is 12.0. The summed E-state index contributed by atoms with van der Waals surface area (Å²) in [6.07, 6.45) is 7.90. The van der Waals surface area contributed by atoms with Crippen molar-refractivity contribution in [1.82, 2.24) is 20.0 Å². The van der Waals surface area contributed by atoms with Crippen LogP contribution in [-0.2, 0) is 4.79 Å². The van der Waals surface area contributed by atoms with Crippen LogP contribution in [0.4, 0.5) is 0 Å². The minimum atomic E-state index is 0.0569. The Hall–Kier alpha value is -1.30. The van der Waals surface area contributed by atoms with Crippen molar-refractivity contribution in [1.29, 1.82) is 0 Å². The van der Waals surface area contributed by atoms with E-state index in [1.165, 1.54) is 38.5 Å². The van der Waals surface area contributed by atoms with Gasteiger partial charge in [0.15, 0.2) is 5.96 Å². The second-order valence-corrected chi connectivity index (χ2v) is 7.92. The van der Waals surface area contributed by atoms with Crippen LogP contribution >= 0.6 is 0 Å². The molecule has 0 radical (unpaired) electrons. The highest BCUT2D eigenvalue weighted by Gasteiger charge is 2.28. The predicted octanol–water partition coefficient (Wildman–Crippen LogP) is 2.02. The van der Waals surface area contributed by atoms with Gasteiger partial charge in [-0.1, -0.05) is 33.1 Å². The predicted molar refractivity (Wildman–Crippen MR) is 108 cm³/mol. The van der Waals surface area contributed by atoms with Gasteiger partial charge in [0.25, 0.3) is 0 Å². The van der Waals surface area contributed by atoms with Gasteiger partial charge in [-0.05, 0) is 38.3 Å². The lowest BCUT2D eigenvalue weighted by Crippen LogP contribution is -2.45. The van der Waals surface area contributed by atoms with E-state index in [1.54, 1.807) is 19.0 Å². The van der Waals surface area contributed by atoms with E-state index in [0.29, 0.717) is 6.04 Å². The van der Waals surface area contributed by atoms with Crippen LogP contribution in [0.25, 0.3) is 0 Å². The van der Waals surface area contributed by atoms with Crippen LogP contribution in [0, 0.1) is 5.92 Å².